The molecular formula is C13H16N2O2. The van der Waals surface area contributed by atoms with E-state index in [1.165, 1.54) is 7.11 Å². The predicted octanol–water partition coefficient (Wildman–Crippen LogP) is 1.29. The van der Waals surface area contributed by atoms with Gasteiger partial charge in [0.15, 0.2) is 0 Å². The standard InChI is InChI=1S/C13H16N2O2/c1-3-9-4-10(6-13(16)17-2)12(8-15)11(5-9)7-14/h4-5H,3,6,8,15H2,1-2H3. The predicted molar refractivity (Wildman–Crippen MR) is 64.1 cm³/mol. The number of nitrogens with two attached hydrogens (primary N) is 1. The number of hydrogen-bond acceptors (Lipinski definition) is 4. The molecule has 17 heavy (non-hydrogen) atoms. The maximum atomic E-state index is 11.3. The van der Waals surface area contributed by atoms with Crippen LogP contribution in [0.15, 0.2) is 12.1 Å². The van der Waals surface area contributed by atoms with Crippen molar-refractivity contribution in [1.82, 2.24) is 0 Å². The molecule has 2 N–H and O–H groups in total. The number of hydrogen-bond donors (Lipinski definition) is 1. The molecule has 4 nitrogen and oxygen atoms in total. The summed E-state index contributed by atoms with van der Waals surface area (Å²) in [6.07, 6.45) is 0.971. The van der Waals surface area contributed by atoms with Gasteiger partial charge in [-0.25, -0.2) is 0 Å². The molecule has 1 aromatic rings. The first kappa shape index (κ1) is 13.2. The molecule has 1 rings (SSSR count). The summed E-state index contributed by atoms with van der Waals surface area (Å²) in [6, 6.07) is 5.86. The molecule has 0 radical (unpaired) electrons. The molecule has 0 aliphatic rings. The highest BCUT2D eigenvalue weighted by molar-refractivity contribution is 5.73. The Hall–Kier alpha value is -1.86. The Morgan fingerprint density at radius 1 is 1.53 bits per heavy atom. The van der Waals surface area contributed by atoms with E-state index >= 15 is 0 Å². The van der Waals surface area contributed by atoms with Crippen LogP contribution in [0.4, 0.5) is 0 Å². The van der Waals surface area contributed by atoms with Crippen LogP contribution in [0.5, 0.6) is 0 Å². The fourth-order valence-electron chi connectivity index (χ4n) is 1.73. The fourth-order valence-corrected chi connectivity index (χ4v) is 1.73. The van der Waals surface area contributed by atoms with E-state index in [1.807, 2.05) is 19.1 Å². The van der Waals surface area contributed by atoms with Gasteiger partial charge in [0.1, 0.15) is 0 Å². The van der Waals surface area contributed by atoms with E-state index in [0.717, 1.165) is 23.1 Å². The fraction of sp³-hybridized carbons (Fsp3) is 0.385. The molecule has 0 aliphatic carbocycles. The van der Waals surface area contributed by atoms with Gasteiger partial charge in [0.2, 0.25) is 0 Å². The number of esters is 1. The van der Waals surface area contributed by atoms with Crippen LogP contribution in [0.25, 0.3) is 0 Å². The SMILES string of the molecule is CCc1cc(C#N)c(CN)c(CC(=O)OC)c1. The lowest BCUT2D eigenvalue weighted by Crippen LogP contribution is -2.11. The minimum Gasteiger partial charge on any atom is -0.469 e. The van der Waals surface area contributed by atoms with Gasteiger partial charge in [-0.2, -0.15) is 5.26 Å². The molecule has 0 saturated carbocycles. The first-order valence-corrected chi connectivity index (χ1v) is 5.47. The van der Waals surface area contributed by atoms with Crippen molar-refractivity contribution in [1.29, 1.82) is 5.26 Å². The van der Waals surface area contributed by atoms with Crippen molar-refractivity contribution in [2.45, 2.75) is 26.3 Å². The number of aryl methyl sites for hydroxylation is 1. The van der Waals surface area contributed by atoms with Crippen molar-refractivity contribution >= 4 is 5.97 Å². The summed E-state index contributed by atoms with van der Waals surface area (Å²) in [7, 11) is 1.35. The summed E-state index contributed by atoms with van der Waals surface area (Å²) in [5, 5.41) is 9.06. The van der Waals surface area contributed by atoms with Gasteiger partial charge in [-0.05, 0) is 29.2 Å². The van der Waals surface area contributed by atoms with E-state index in [2.05, 4.69) is 10.8 Å². The van der Waals surface area contributed by atoms with Crippen LogP contribution >= 0.6 is 0 Å². The Balaban J connectivity index is 3.25. The summed E-state index contributed by atoms with van der Waals surface area (Å²) >= 11 is 0. The second-order valence-corrected chi connectivity index (χ2v) is 3.70. The zero-order chi connectivity index (χ0) is 12.8. The maximum absolute atomic E-state index is 11.3. The van der Waals surface area contributed by atoms with E-state index < -0.39 is 0 Å². The van der Waals surface area contributed by atoms with Crippen molar-refractivity contribution < 1.29 is 9.53 Å². The lowest BCUT2D eigenvalue weighted by Gasteiger charge is -2.11. The molecule has 0 saturated heterocycles. The van der Waals surface area contributed by atoms with Crippen LogP contribution in [0, 0.1) is 11.3 Å². The summed E-state index contributed by atoms with van der Waals surface area (Å²) < 4.78 is 4.64. The smallest absolute Gasteiger partial charge is 0.309 e. The highest BCUT2D eigenvalue weighted by Gasteiger charge is 2.12. The molecule has 90 valence electrons. The van der Waals surface area contributed by atoms with Crippen LogP contribution in [0.3, 0.4) is 0 Å². The molecule has 0 spiro atoms. The second kappa shape index (κ2) is 6.02. The van der Waals surface area contributed by atoms with Gasteiger partial charge in [0.25, 0.3) is 0 Å². The Bertz CT molecular complexity index is 461. The van der Waals surface area contributed by atoms with Crippen LogP contribution in [0.1, 0.15) is 29.2 Å². The zero-order valence-corrected chi connectivity index (χ0v) is 10.1. The van der Waals surface area contributed by atoms with Gasteiger partial charge in [-0.1, -0.05) is 13.0 Å². The largest absolute Gasteiger partial charge is 0.469 e. The molecule has 0 heterocycles. The van der Waals surface area contributed by atoms with E-state index in [9.17, 15) is 4.79 Å². The van der Waals surface area contributed by atoms with Gasteiger partial charge < -0.3 is 10.5 Å². The van der Waals surface area contributed by atoms with Crippen LogP contribution in [-0.2, 0) is 28.9 Å². The lowest BCUT2D eigenvalue weighted by atomic mass is 9.95. The highest BCUT2D eigenvalue weighted by atomic mass is 16.5. The molecule has 0 bridgehead atoms. The Morgan fingerprint density at radius 3 is 2.71 bits per heavy atom. The van der Waals surface area contributed by atoms with E-state index in [4.69, 9.17) is 11.0 Å². The van der Waals surface area contributed by atoms with Crippen molar-refractivity contribution in [2.75, 3.05) is 7.11 Å². The summed E-state index contributed by atoms with van der Waals surface area (Å²) in [4.78, 5) is 11.3. The molecule has 1 aromatic carbocycles. The number of carbonyl (C=O) groups is 1. The Labute approximate surface area is 101 Å². The molecule has 0 unspecified atom stereocenters. The number of ether oxygens (including phenoxy) is 1. The van der Waals surface area contributed by atoms with Gasteiger partial charge in [0, 0.05) is 6.54 Å². The topological polar surface area (TPSA) is 76.1 Å². The van der Waals surface area contributed by atoms with E-state index in [-0.39, 0.29) is 18.9 Å². The van der Waals surface area contributed by atoms with E-state index in [0.29, 0.717) is 5.56 Å². The summed E-state index contributed by atoms with van der Waals surface area (Å²) in [5.74, 6) is -0.322. The van der Waals surface area contributed by atoms with Crippen molar-refractivity contribution in [2.24, 2.45) is 5.73 Å². The monoisotopic (exact) mass is 232 g/mol. The molecule has 0 aliphatic heterocycles. The second-order valence-electron chi connectivity index (χ2n) is 3.70. The molecular weight excluding hydrogens is 216 g/mol. The third kappa shape index (κ3) is 3.05. The number of methoxy groups -OCH3 is 1. The van der Waals surface area contributed by atoms with Crippen LogP contribution in [0.2, 0.25) is 0 Å². The average molecular weight is 232 g/mol. The minimum atomic E-state index is -0.322. The van der Waals surface area contributed by atoms with Gasteiger partial charge in [-0.3, -0.25) is 4.79 Å². The number of nitrogens with zero attached hydrogens (tertiary/aromatic N) is 1. The zero-order valence-electron chi connectivity index (χ0n) is 10.1. The summed E-state index contributed by atoms with van der Waals surface area (Å²) in [6.45, 7) is 2.25. The first-order valence-electron chi connectivity index (χ1n) is 5.47. The lowest BCUT2D eigenvalue weighted by molar-refractivity contribution is -0.139. The highest BCUT2D eigenvalue weighted by Crippen LogP contribution is 2.18. The Kier molecular flexibility index (Phi) is 4.68. The van der Waals surface area contributed by atoms with Gasteiger partial charge in [-0.15, -0.1) is 0 Å². The minimum absolute atomic E-state index is 0.158. The van der Waals surface area contributed by atoms with Crippen molar-refractivity contribution in [3.05, 3.63) is 34.4 Å². The third-order valence-corrected chi connectivity index (χ3v) is 2.70. The van der Waals surface area contributed by atoms with Crippen molar-refractivity contribution in [3.8, 4) is 6.07 Å². The molecule has 0 amide bonds. The number of carbonyl (C=O) groups excluding carboxylic acids is 1. The molecule has 0 aromatic heterocycles. The Morgan fingerprint density at radius 2 is 2.24 bits per heavy atom. The average Bonchev–Trinajstić information content (AvgIpc) is 2.37. The van der Waals surface area contributed by atoms with Crippen LogP contribution < -0.4 is 5.73 Å². The molecule has 4 heteroatoms. The molecule has 0 fully saturated rings. The normalized spacial score (nSPS) is 9.76. The third-order valence-electron chi connectivity index (χ3n) is 2.70. The number of nitriles is 1. The summed E-state index contributed by atoms with van der Waals surface area (Å²) in [5.41, 5.74) is 8.72. The van der Waals surface area contributed by atoms with Crippen molar-refractivity contribution in [3.63, 3.8) is 0 Å². The van der Waals surface area contributed by atoms with Gasteiger partial charge in [0.05, 0.1) is 25.2 Å². The quantitative estimate of drug-likeness (QED) is 0.794. The van der Waals surface area contributed by atoms with Crippen LogP contribution in [-0.4, -0.2) is 13.1 Å². The van der Waals surface area contributed by atoms with E-state index in [1.54, 1.807) is 0 Å². The van der Waals surface area contributed by atoms with Gasteiger partial charge >= 0.3 is 5.97 Å². The number of benzene rings is 1. The molecule has 0 atom stereocenters. The number of rotatable bonds is 4. The first-order chi connectivity index (χ1) is 8.15. The maximum Gasteiger partial charge on any atom is 0.309 e.